The molecule has 1 saturated heterocycles. The van der Waals surface area contributed by atoms with E-state index in [9.17, 15) is 4.79 Å². The Kier molecular flexibility index (Phi) is 4.83. The van der Waals surface area contributed by atoms with E-state index in [1.54, 1.807) is 0 Å². The number of nitrogens with zero attached hydrogens (tertiary/aromatic N) is 2. The zero-order valence-corrected chi connectivity index (χ0v) is 14.5. The van der Waals surface area contributed by atoms with Gasteiger partial charge in [0.05, 0.1) is 12.3 Å². The maximum absolute atomic E-state index is 13.3. The molecule has 1 amide bonds. The van der Waals surface area contributed by atoms with Gasteiger partial charge in [-0.2, -0.15) is 5.10 Å². The average molecular weight is 339 g/mol. The Morgan fingerprint density at radius 1 is 1.28 bits per heavy atom. The summed E-state index contributed by atoms with van der Waals surface area (Å²) in [6.45, 7) is 2.17. The lowest BCUT2D eigenvalue weighted by atomic mass is 9.87. The van der Waals surface area contributed by atoms with E-state index in [1.165, 1.54) is 11.1 Å². The van der Waals surface area contributed by atoms with Crippen molar-refractivity contribution in [2.24, 2.45) is 5.92 Å². The van der Waals surface area contributed by atoms with Gasteiger partial charge < -0.3 is 9.64 Å². The van der Waals surface area contributed by atoms with Gasteiger partial charge in [-0.05, 0) is 36.8 Å². The second-order valence-corrected chi connectivity index (χ2v) is 7.15. The van der Waals surface area contributed by atoms with Crippen LogP contribution in [0, 0.1) is 5.92 Å². The SMILES string of the molecule is O=C(C1CCc2cn[nH]c2C1)N(Cc1ccccc1)CC1CCCO1. The van der Waals surface area contributed by atoms with E-state index in [1.807, 2.05) is 29.3 Å². The van der Waals surface area contributed by atoms with Crippen LogP contribution in [-0.2, 0) is 28.9 Å². The zero-order valence-electron chi connectivity index (χ0n) is 14.5. The highest BCUT2D eigenvalue weighted by Crippen LogP contribution is 2.26. The van der Waals surface area contributed by atoms with Crippen molar-refractivity contribution in [2.75, 3.05) is 13.2 Å². The van der Waals surface area contributed by atoms with Gasteiger partial charge in [-0.3, -0.25) is 9.89 Å². The van der Waals surface area contributed by atoms with Crippen LogP contribution < -0.4 is 0 Å². The van der Waals surface area contributed by atoms with E-state index in [4.69, 9.17) is 4.74 Å². The van der Waals surface area contributed by atoms with Crippen molar-refractivity contribution in [1.82, 2.24) is 15.1 Å². The number of fused-ring (bicyclic) bond motifs is 1. The van der Waals surface area contributed by atoms with Gasteiger partial charge in [0.1, 0.15) is 0 Å². The molecule has 0 radical (unpaired) electrons. The molecule has 1 aromatic heterocycles. The van der Waals surface area contributed by atoms with E-state index in [0.29, 0.717) is 13.1 Å². The number of carbonyl (C=O) groups excluding carboxylic acids is 1. The summed E-state index contributed by atoms with van der Waals surface area (Å²) < 4.78 is 5.79. The van der Waals surface area contributed by atoms with Crippen LogP contribution in [0.15, 0.2) is 36.5 Å². The average Bonchev–Trinajstić information content (AvgIpc) is 3.32. The molecule has 2 aromatic rings. The molecule has 1 aliphatic carbocycles. The molecule has 2 unspecified atom stereocenters. The maximum Gasteiger partial charge on any atom is 0.226 e. The van der Waals surface area contributed by atoms with E-state index in [2.05, 4.69) is 22.3 Å². The highest BCUT2D eigenvalue weighted by molar-refractivity contribution is 5.79. The fraction of sp³-hybridized carbons (Fsp3) is 0.500. The number of hydrogen-bond acceptors (Lipinski definition) is 3. The van der Waals surface area contributed by atoms with Gasteiger partial charge in [0, 0.05) is 37.7 Å². The second kappa shape index (κ2) is 7.40. The lowest BCUT2D eigenvalue weighted by molar-refractivity contribution is -0.138. The number of aromatic amines is 1. The topological polar surface area (TPSA) is 58.2 Å². The number of ether oxygens (including phenoxy) is 1. The Labute approximate surface area is 148 Å². The highest BCUT2D eigenvalue weighted by Gasteiger charge is 2.31. The minimum absolute atomic E-state index is 0.0399. The first kappa shape index (κ1) is 16.3. The predicted octanol–water partition coefficient (Wildman–Crippen LogP) is 2.72. The van der Waals surface area contributed by atoms with Gasteiger partial charge in [0.15, 0.2) is 0 Å². The number of aromatic nitrogens is 2. The van der Waals surface area contributed by atoms with Gasteiger partial charge in [0.2, 0.25) is 5.91 Å². The predicted molar refractivity (Wildman–Crippen MR) is 94.9 cm³/mol. The smallest absolute Gasteiger partial charge is 0.226 e. The number of benzene rings is 1. The van der Waals surface area contributed by atoms with E-state index in [0.717, 1.165) is 44.4 Å². The number of carbonyl (C=O) groups is 1. The summed E-state index contributed by atoms with van der Waals surface area (Å²) in [6.07, 6.45) is 6.82. The summed E-state index contributed by atoms with van der Waals surface area (Å²) in [6, 6.07) is 10.2. The molecule has 132 valence electrons. The summed E-state index contributed by atoms with van der Waals surface area (Å²) in [7, 11) is 0. The lowest BCUT2D eigenvalue weighted by Gasteiger charge is -2.31. The Hall–Kier alpha value is -2.14. The van der Waals surface area contributed by atoms with Crippen molar-refractivity contribution in [3.8, 4) is 0 Å². The highest BCUT2D eigenvalue weighted by atomic mass is 16.5. The Morgan fingerprint density at radius 3 is 2.96 bits per heavy atom. The van der Waals surface area contributed by atoms with Crippen LogP contribution in [0.2, 0.25) is 0 Å². The van der Waals surface area contributed by atoms with E-state index >= 15 is 0 Å². The van der Waals surface area contributed by atoms with E-state index in [-0.39, 0.29) is 17.9 Å². The monoisotopic (exact) mass is 339 g/mol. The Balaban J connectivity index is 1.49. The molecule has 1 fully saturated rings. The molecule has 2 heterocycles. The van der Waals surface area contributed by atoms with Crippen LogP contribution in [0.25, 0.3) is 0 Å². The van der Waals surface area contributed by atoms with Crippen molar-refractivity contribution in [3.05, 3.63) is 53.3 Å². The molecular weight excluding hydrogens is 314 g/mol. The van der Waals surface area contributed by atoms with Crippen molar-refractivity contribution >= 4 is 5.91 Å². The van der Waals surface area contributed by atoms with Crippen LogP contribution in [0.4, 0.5) is 0 Å². The summed E-state index contributed by atoms with van der Waals surface area (Å²) in [4.78, 5) is 15.3. The first-order valence-corrected chi connectivity index (χ1v) is 9.25. The fourth-order valence-electron chi connectivity index (χ4n) is 3.95. The van der Waals surface area contributed by atoms with Crippen LogP contribution in [-0.4, -0.2) is 40.3 Å². The molecule has 0 bridgehead atoms. The molecule has 0 saturated carbocycles. The van der Waals surface area contributed by atoms with Crippen LogP contribution in [0.5, 0.6) is 0 Å². The standard InChI is InChI=1S/C20H25N3O2/c24-20(16-8-9-17-12-21-22-19(17)11-16)23(14-18-7-4-10-25-18)13-15-5-2-1-3-6-15/h1-3,5-6,12,16,18H,4,7-11,13-14H2,(H,21,22). The van der Waals surface area contributed by atoms with Crippen molar-refractivity contribution in [3.63, 3.8) is 0 Å². The van der Waals surface area contributed by atoms with Crippen molar-refractivity contribution < 1.29 is 9.53 Å². The van der Waals surface area contributed by atoms with Gasteiger partial charge in [-0.15, -0.1) is 0 Å². The summed E-state index contributed by atoms with van der Waals surface area (Å²) >= 11 is 0. The number of H-pyrrole nitrogens is 1. The molecule has 25 heavy (non-hydrogen) atoms. The van der Waals surface area contributed by atoms with Crippen LogP contribution in [0.1, 0.15) is 36.1 Å². The molecule has 5 nitrogen and oxygen atoms in total. The lowest BCUT2D eigenvalue weighted by Crippen LogP contribution is -2.42. The van der Waals surface area contributed by atoms with Crippen LogP contribution in [0.3, 0.4) is 0 Å². The van der Waals surface area contributed by atoms with Gasteiger partial charge >= 0.3 is 0 Å². The maximum atomic E-state index is 13.3. The number of aryl methyl sites for hydroxylation is 1. The zero-order chi connectivity index (χ0) is 17.1. The van der Waals surface area contributed by atoms with Gasteiger partial charge in [-0.1, -0.05) is 30.3 Å². The minimum atomic E-state index is 0.0399. The third kappa shape index (κ3) is 3.76. The minimum Gasteiger partial charge on any atom is -0.376 e. The number of rotatable bonds is 5. The Morgan fingerprint density at radius 2 is 2.16 bits per heavy atom. The third-order valence-electron chi connectivity index (χ3n) is 5.35. The second-order valence-electron chi connectivity index (χ2n) is 7.15. The number of nitrogens with one attached hydrogen (secondary N) is 1. The molecule has 1 N–H and O–H groups in total. The molecule has 2 atom stereocenters. The number of amides is 1. The molecule has 0 spiro atoms. The Bertz CT molecular complexity index is 707. The molecule has 5 heteroatoms. The molecule has 4 rings (SSSR count). The largest absolute Gasteiger partial charge is 0.376 e. The first-order valence-electron chi connectivity index (χ1n) is 9.25. The summed E-state index contributed by atoms with van der Waals surface area (Å²) in [5, 5.41) is 7.18. The first-order chi connectivity index (χ1) is 12.3. The molecule has 1 aromatic carbocycles. The number of hydrogen-bond donors (Lipinski definition) is 1. The summed E-state index contributed by atoms with van der Waals surface area (Å²) in [5.41, 5.74) is 3.56. The third-order valence-corrected chi connectivity index (χ3v) is 5.35. The van der Waals surface area contributed by atoms with E-state index < -0.39 is 0 Å². The normalized spacial score (nSPS) is 22.6. The molecular formula is C20H25N3O2. The molecule has 2 aliphatic rings. The quantitative estimate of drug-likeness (QED) is 0.911. The molecule has 1 aliphatic heterocycles. The van der Waals surface area contributed by atoms with Crippen molar-refractivity contribution in [1.29, 1.82) is 0 Å². The fourth-order valence-corrected chi connectivity index (χ4v) is 3.95. The van der Waals surface area contributed by atoms with Gasteiger partial charge in [-0.25, -0.2) is 0 Å². The van der Waals surface area contributed by atoms with Gasteiger partial charge in [0.25, 0.3) is 0 Å². The van der Waals surface area contributed by atoms with Crippen LogP contribution >= 0.6 is 0 Å². The summed E-state index contributed by atoms with van der Waals surface area (Å²) in [5.74, 6) is 0.290. The van der Waals surface area contributed by atoms with Crippen molar-refractivity contribution in [2.45, 2.75) is 44.8 Å².